The van der Waals surface area contributed by atoms with Crippen LogP contribution in [0.15, 0.2) is 34.9 Å². The summed E-state index contributed by atoms with van der Waals surface area (Å²) in [6, 6.07) is 10.5. The third-order valence-electron chi connectivity index (χ3n) is 5.21. The molecular weight excluding hydrogens is 350 g/mol. The van der Waals surface area contributed by atoms with Gasteiger partial charge in [0, 0.05) is 36.6 Å². The van der Waals surface area contributed by atoms with E-state index in [1.807, 2.05) is 12.1 Å². The van der Waals surface area contributed by atoms with Crippen LogP contribution in [-0.4, -0.2) is 46.7 Å². The average Bonchev–Trinajstić information content (AvgIpc) is 3.39. The van der Waals surface area contributed by atoms with Crippen LogP contribution >= 0.6 is 12.4 Å². The van der Waals surface area contributed by atoms with E-state index < -0.39 is 0 Å². The third kappa shape index (κ3) is 3.09. The molecule has 6 nitrogen and oxygen atoms in total. The van der Waals surface area contributed by atoms with Crippen LogP contribution < -0.4 is 5.32 Å². The average molecular weight is 372 g/mol. The largest absolute Gasteiger partial charge is 0.334 e. The summed E-state index contributed by atoms with van der Waals surface area (Å²) in [6.45, 7) is 2.83. The highest BCUT2D eigenvalue weighted by molar-refractivity contribution is 5.92. The molecule has 136 valence electrons. The summed E-state index contributed by atoms with van der Waals surface area (Å²) in [5, 5.41) is 8.74. The molecule has 5 rings (SSSR count). The number of para-hydroxylation sites is 1. The predicted molar refractivity (Wildman–Crippen MR) is 102 cm³/mol. The first kappa shape index (κ1) is 17.4. The van der Waals surface area contributed by atoms with Crippen LogP contribution in [0.25, 0.3) is 22.4 Å². The number of fused-ring (bicyclic) bond motifs is 1. The summed E-state index contributed by atoms with van der Waals surface area (Å²) < 4.78 is 5.67. The van der Waals surface area contributed by atoms with Crippen LogP contribution in [-0.2, 0) is 0 Å². The van der Waals surface area contributed by atoms with Crippen molar-refractivity contribution >= 4 is 23.3 Å². The van der Waals surface area contributed by atoms with Gasteiger partial charge in [0.25, 0.3) is 5.89 Å². The number of likely N-dealkylation sites (N-methyl/N-ethyl adjacent to an activating group) is 1. The molecule has 1 atom stereocenters. The minimum Gasteiger partial charge on any atom is -0.334 e. The van der Waals surface area contributed by atoms with Gasteiger partial charge >= 0.3 is 0 Å². The lowest BCUT2D eigenvalue weighted by Crippen LogP contribution is -2.44. The predicted octanol–water partition coefficient (Wildman–Crippen LogP) is 3.16. The molecule has 1 unspecified atom stereocenters. The highest BCUT2D eigenvalue weighted by atomic mass is 35.5. The molecule has 1 saturated heterocycles. The molecule has 0 spiro atoms. The zero-order valence-electron chi connectivity index (χ0n) is 14.7. The van der Waals surface area contributed by atoms with Gasteiger partial charge in [0.15, 0.2) is 5.82 Å². The fourth-order valence-electron chi connectivity index (χ4n) is 3.53. The number of piperazine rings is 1. The molecule has 1 saturated carbocycles. The number of aromatic nitrogens is 3. The standard InChI is InChI=1S/C19H21N5O.ClH/c1-24-9-8-20-11-17(24)18-22-19(25-23-18)14-10-16(12-6-7-12)21-15-5-3-2-4-13(14)15;/h2-5,10,12,17,20H,6-9,11H2,1H3;1H. The maximum Gasteiger partial charge on any atom is 0.258 e. The number of rotatable bonds is 3. The second-order valence-electron chi connectivity index (χ2n) is 7.04. The fraction of sp³-hybridized carbons (Fsp3) is 0.421. The summed E-state index contributed by atoms with van der Waals surface area (Å²) in [7, 11) is 2.11. The first-order valence-corrected chi connectivity index (χ1v) is 8.94. The number of halogens is 1. The van der Waals surface area contributed by atoms with E-state index in [0.29, 0.717) is 11.8 Å². The van der Waals surface area contributed by atoms with Crippen molar-refractivity contribution in [3.63, 3.8) is 0 Å². The van der Waals surface area contributed by atoms with Gasteiger partial charge in [0.1, 0.15) is 0 Å². The molecule has 2 aromatic heterocycles. The molecule has 0 amide bonds. The Morgan fingerprint density at radius 2 is 2.04 bits per heavy atom. The fourth-order valence-corrected chi connectivity index (χ4v) is 3.53. The second-order valence-corrected chi connectivity index (χ2v) is 7.04. The van der Waals surface area contributed by atoms with E-state index in [1.54, 1.807) is 0 Å². The van der Waals surface area contributed by atoms with Crippen molar-refractivity contribution in [3.05, 3.63) is 41.9 Å². The Kier molecular flexibility index (Phi) is 4.65. The lowest BCUT2D eigenvalue weighted by Gasteiger charge is -2.30. The van der Waals surface area contributed by atoms with Gasteiger partial charge < -0.3 is 9.84 Å². The minimum atomic E-state index is 0. The molecule has 1 N–H and O–H groups in total. The van der Waals surface area contributed by atoms with Gasteiger partial charge in [-0.05, 0) is 32.0 Å². The van der Waals surface area contributed by atoms with Crippen molar-refractivity contribution in [2.75, 3.05) is 26.7 Å². The second kappa shape index (κ2) is 6.95. The Bertz CT molecular complexity index is 923. The van der Waals surface area contributed by atoms with Crippen molar-refractivity contribution in [2.45, 2.75) is 24.8 Å². The van der Waals surface area contributed by atoms with Gasteiger partial charge in [-0.15, -0.1) is 12.4 Å². The van der Waals surface area contributed by atoms with E-state index in [9.17, 15) is 0 Å². The SMILES string of the molecule is CN1CCNCC1c1noc(-c2cc(C3CC3)nc3ccccc23)n1.Cl. The van der Waals surface area contributed by atoms with Crippen molar-refractivity contribution < 1.29 is 4.52 Å². The van der Waals surface area contributed by atoms with E-state index in [2.05, 4.69) is 40.6 Å². The van der Waals surface area contributed by atoms with Crippen LogP contribution in [0.5, 0.6) is 0 Å². The Balaban J connectivity index is 0.00000168. The van der Waals surface area contributed by atoms with Crippen LogP contribution in [0.1, 0.15) is 36.3 Å². The van der Waals surface area contributed by atoms with Crippen molar-refractivity contribution in [1.82, 2.24) is 25.3 Å². The van der Waals surface area contributed by atoms with E-state index in [0.717, 1.165) is 47.6 Å². The monoisotopic (exact) mass is 371 g/mol. The van der Waals surface area contributed by atoms with Gasteiger partial charge in [-0.2, -0.15) is 4.98 Å². The van der Waals surface area contributed by atoms with E-state index in [1.165, 1.54) is 12.8 Å². The van der Waals surface area contributed by atoms with Crippen LogP contribution in [0.2, 0.25) is 0 Å². The lowest BCUT2D eigenvalue weighted by molar-refractivity contribution is 0.190. The summed E-state index contributed by atoms with van der Waals surface area (Å²) in [6.07, 6.45) is 2.44. The minimum absolute atomic E-state index is 0. The van der Waals surface area contributed by atoms with Gasteiger partial charge in [0.2, 0.25) is 0 Å². The van der Waals surface area contributed by atoms with Crippen LogP contribution in [0, 0.1) is 0 Å². The molecule has 1 aliphatic heterocycles. The molecule has 0 radical (unpaired) electrons. The number of benzene rings is 1. The zero-order chi connectivity index (χ0) is 16.8. The molecule has 1 aliphatic carbocycles. The number of nitrogens with zero attached hydrogens (tertiary/aromatic N) is 4. The lowest BCUT2D eigenvalue weighted by atomic mass is 10.1. The summed E-state index contributed by atoms with van der Waals surface area (Å²) in [5.41, 5.74) is 3.14. The number of hydrogen-bond donors (Lipinski definition) is 1. The molecule has 1 aromatic carbocycles. The van der Waals surface area contributed by atoms with E-state index in [-0.39, 0.29) is 18.4 Å². The van der Waals surface area contributed by atoms with Crippen LogP contribution in [0.4, 0.5) is 0 Å². The highest BCUT2D eigenvalue weighted by Gasteiger charge is 2.28. The Morgan fingerprint density at radius 3 is 2.85 bits per heavy atom. The number of hydrogen-bond acceptors (Lipinski definition) is 6. The normalized spacial score (nSPS) is 20.9. The Hall–Kier alpha value is -2.02. The summed E-state index contributed by atoms with van der Waals surface area (Å²) in [5.74, 6) is 1.92. The topological polar surface area (TPSA) is 67.1 Å². The molecule has 3 aromatic rings. The molecular formula is C19H22ClN5O. The van der Waals surface area contributed by atoms with E-state index in [4.69, 9.17) is 14.5 Å². The summed E-state index contributed by atoms with van der Waals surface area (Å²) >= 11 is 0. The van der Waals surface area contributed by atoms with Crippen molar-refractivity contribution in [1.29, 1.82) is 0 Å². The molecule has 0 bridgehead atoms. The quantitative estimate of drug-likeness (QED) is 0.762. The van der Waals surface area contributed by atoms with Crippen LogP contribution in [0.3, 0.4) is 0 Å². The number of pyridine rings is 1. The van der Waals surface area contributed by atoms with Gasteiger partial charge in [0.05, 0.1) is 17.1 Å². The smallest absolute Gasteiger partial charge is 0.258 e. The van der Waals surface area contributed by atoms with Gasteiger partial charge in [-0.25, -0.2) is 0 Å². The maximum absolute atomic E-state index is 5.67. The molecule has 2 fully saturated rings. The number of nitrogens with one attached hydrogen (secondary N) is 1. The molecule has 3 heterocycles. The zero-order valence-corrected chi connectivity index (χ0v) is 15.5. The summed E-state index contributed by atoms with van der Waals surface area (Å²) in [4.78, 5) is 11.8. The maximum atomic E-state index is 5.67. The van der Waals surface area contributed by atoms with Gasteiger partial charge in [-0.1, -0.05) is 23.4 Å². The molecule has 2 aliphatic rings. The van der Waals surface area contributed by atoms with Crippen molar-refractivity contribution in [3.8, 4) is 11.5 Å². The Morgan fingerprint density at radius 1 is 1.19 bits per heavy atom. The van der Waals surface area contributed by atoms with Gasteiger partial charge in [-0.3, -0.25) is 9.88 Å². The first-order valence-electron chi connectivity index (χ1n) is 8.94. The van der Waals surface area contributed by atoms with E-state index >= 15 is 0 Å². The molecule has 26 heavy (non-hydrogen) atoms. The highest BCUT2D eigenvalue weighted by Crippen LogP contribution is 2.41. The Labute approximate surface area is 158 Å². The first-order chi connectivity index (χ1) is 12.3. The van der Waals surface area contributed by atoms with Crippen molar-refractivity contribution in [2.24, 2.45) is 0 Å². The third-order valence-corrected chi connectivity index (χ3v) is 5.21. The molecule has 7 heteroatoms.